The smallest absolute Gasteiger partial charge is 0.316 e. The molecular formula is C20H17NO3. The lowest BCUT2D eigenvalue weighted by atomic mass is 9.96. The van der Waals surface area contributed by atoms with E-state index < -0.39 is 5.41 Å². The highest BCUT2D eigenvalue weighted by Crippen LogP contribution is 2.49. The Morgan fingerprint density at radius 3 is 2.50 bits per heavy atom. The van der Waals surface area contributed by atoms with Crippen LogP contribution in [0.15, 0.2) is 65.5 Å². The van der Waals surface area contributed by atoms with Crippen LogP contribution in [0.3, 0.4) is 0 Å². The zero-order valence-corrected chi connectivity index (χ0v) is 13.1. The van der Waals surface area contributed by atoms with Crippen LogP contribution >= 0.6 is 0 Å². The number of fused-ring (bicyclic) bond motifs is 1. The summed E-state index contributed by atoms with van der Waals surface area (Å²) < 4.78 is 5.48. The van der Waals surface area contributed by atoms with Gasteiger partial charge in [-0.15, -0.1) is 0 Å². The van der Waals surface area contributed by atoms with E-state index >= 15 is 0 Å². The number of aromatic nitrogens is 1. The second kappa shape index (κ2) is 5.64. The number of hydrogen-bond donors (Lipinski definition) is 1. The first kappa shape index (κ1) is 14.7. The molecule has 0 bridgehead atoms. The maximum Gasteiger partial charge on any atom is 0.316 e. The molecule has 1 N–H and O–H groups in total. The molecule has 4 rings (SSSR count). The molecule has 1 saturated carbocycles. The van der Waals surface area contributed by atoms with Gasteiger partial charge in [0.2, 0.25) is 0 Å². The van der Waals surface area contributed by atoms with Crippen molar-refractivity contribution in [2.45, 2.75) is 24.9 Å². The molecule has 3 aromatic rings. The average molecular weight is 319 g/mol. The maximum absolute atomic E-state index is 12.5. The minimum Gasteiger partial charge on any atom is -0.460 e. The molecule has 1 aromatic heterocycles. The van der Waals surface area contributed by atoms with Gasteiger partial charge in [0.15, 0.2) is 0 Å². The molecule has 0 spiro atoms. The van der Waals surface area contributed by atoms with Crippen molar-refractivity contribution in [1.82, 2.24) is 4.98 Å². The van der Waals surface area contributed by atoms with Crippen molar-refractivity contribution < 1.29 is 9.53 Å². The lowest BCUT2D eigenvalue weighted by Gasteiger charge is -2.14. The normalized spacial score (nSPS) is 15.2. The topological polar surface area (TPSA) is 59.2 Å². The van der Waals surface area contributed by atoms with E-state index in [4.69, 9.17) is 4.74 Å². The van der Waals surface area contributed by atoms with Crippen molar-refractivity contribution in [2.75, 3.05) is 0 Å². The van der Waals surface area contributed by atoms with Gasteiger partial charge in [0.25, 0.3) is 5.56 Å². The quantitative estimate of drug-likeness (QED) is 0.751. The van der Waals surface area contributed by atoms with Crippen LogP contribution < -0.4 is 5.56 Å². The molecule has 1 heterocycles. The maximum atomic E-state index is 12.5. The standard InChI is InChI=1S/C20H17NO3/c22-18-15(12-14-6-4-5-9-17(14)21-18)13-24-19(23)20(10-11-20)16-7-2-1-3-8-16/h1-9,12H,10-11,13H2,(H,21,22). The summed E-state index contributed by atoms with van der Waals surface area (Å²) in [6, 6.07) is 19.0. The van der Waals surface area contributed by atoms with Gasteiger partial charge in [-0.2, -0.15) is 0 Å². The van der Waals surface area contributed by atoms with Gasteiger partial charge < -0.3 is 9.72 Å². The van der Waals surface area contributed by atoms with Crippen LogP contribution in [0.1, 0.15) is 24.0 Å². The molecule has 4 heteroatoms. The van der Waals surface area contributed by atoms with Gasteiger partial charge in [0.1, 0.15) is 6.61 Å². The van der Waals surface area contributed by atoms with Crippen molar-refractivity contribution >= 4 is 16.9 Å². The lowest BCUT2D eigenvalue weighted by molar-refractivity contribution is -0.148. The molecule has 0 saturated heterocycles. The Hall–Kier alpha value is -2.88. The van der Waals surface area contributed by atoms with Crippen molar-refractivity contribution in [1.29, 1.82) is 0 Å². The number of nitrogens with one attached hydrogen (secondary N) is 1. The molecule has 120 valence electrons. The number of H-pyrrole nitrogens is 1. The van der Waals surface area contributed by atoms with Crippen molar-refractivity contribution in [2.24, 2.45) is 0 Å². The third-order valence-corrected chi connectivity index (χ3v) is 4.66. The second-order valence-electron chi connectivity index (χ2n) is 6.24. The predicted octanol–water partition coefficient (Wildman–Crippen LogP) is 3.30. The van der Waals surface area contributed by atoms with Crippen molar-refractivity contribution in [3.63, 3.8) is 0 Å². The van der Waals surface area contributed by atoms with Crippen LogP contribution in [0.5, 0.6) is 0 Å². The van der Waals surface area contributed by atoms with E-state index in [1.54, 1.807) is 6.07 Å². The number of benzene rings is 2. The molecule has 4 nitrogen and oxygen atoms in total. The SMILES string of the molecule is O=C(OCc1cc2ccccc2[nH]c1=O)C1(c2ccccc2)CC1. The van der Waals surface area contributed by atoms with E-state index in [1.165, 1.54) is 0 Å². The number of pyridine rings is 1. The highest BCUT2D eigenvalue weighted by Gasteiger charge is 2.52. The predicted molar refractivity (Wildman–Crippen MR) is 91.7 cm³/mol. The molecule has 0 unspecified atom stereocenters. The van der Waals surface area contributed by atoms with Gasteiger partial charge in [0, 0.05) is 5.52 Å². The Morgan fingerprint density at radius 1 is 1.04 bits per heavy atom. The monoisotopic (exact) mass is 319 g/mol. The number of ether oxygens (including phenoxy) is 1. The van der Waals surface area contributed by atoms with Crippen LogP contribution in [0.2, 0.25) is 0 Å². The number of rotatable bonds is 4. The van der Waals surface area contributed by atoms with Crippen LogP contribution in [0.4, 0.5) is 0 Å². The van der Waals surface area contributed by atoms with Gasteiger partial charge in [-0.25, -0.2) is 0 Å². The van der Waals surface area contributed by atoms with E-state index in [0.717, 1.165) is 29.3 Å². The zero-order chi connectivity index (χ0) is 16.6. The summed E-state index contributed by atoms with van der Waals surface area (Å²) in [7, 11) is 0. The van der Waals surface area contributed by atoms with Gasteiger partial charge in [-0.05, 0) is 35.9 Å². The largest absolute Gasteiger partial charge is 0.460 e. The summed E-state index contributed by atoms with van der Waals surface area (Å²) in [5.74, 6) is -0.249. The molecule has 24 heavy (non-hydrogen) atoms. The van der Waals surface area contributed by atoms with Crippen molar-refractivity contribution in [3.8, 4) is 0 Å². The number of hydrogen-bond acceptors (Lipinski definition) is 3. The Kier molecular flexibility index (Phi) is 3.45. The first-order valence-electron chi connectivity index (χ1n) is 8.03. The molecule has 1 aliphatic carbocycles. The number of carbonyl (C=O) groups excluding carboxylic acids is 1. The third kappa shape index (κ3) is 2.50. The Balaban J connectivity index is 1.54. The fourth-order valence-electron chi connectivity index (χ4n) is 3.07. The summed E-state index contributed by atoms with van der Waals surface area (Å²) in [6.45, 7) is -0.00636. The Labute approximate surface area is 139 Å². The van der Waals surface area contributed by atoms with E-state index in [1.807, 2.05) is 54.6 Å². The second-order valence-corrected chi connectivity index (χ2v) is 6.24. The molecule has 1 fully saturated rings. The fraction of sp³-hybridized carbons (Fsp3) is 0.200. The van der Waals surface area contributed by atoms with Crippen LogP contribution in [-0.2, 0) is 21.6 Å². The molecular weight excluding hydrogens is 302 g/mol. The van der Waals surface area contributed by atoms with Crippen LogP contribution in [-0.4, -0.2) is 11.0 Å². The number of carbonyl (C=O) groups is 1. The van der Waals surface area contributed by atoms with Gasteiger partial charge in [0.05, 0.1) is 11.0 Å². The molecule has 0 amide bonds. The third-order valence-electron chi connectivity index (χ3n) is 4.66. The zero-order valence-electron chi connectivity index (χ0n) is 13.1. The van der Waals surface area contributed by atoms with Crippen LogP contribution in [0, 0.1) is 0 Å². The Morgan fingerprint density at radius 2 is 1.75 bits per heavy atom. The number of aromatic amines is 1. The van der Waals surface area contributed by atoms with Crippen LogP contribution in [0.25, 0.3) is 10.9 Å². The van der Waals surface area contributed by atoms with E-state index in [-0.39, 0.29) is 18.1 Å². The highest BCUT2D eigenvalue weighted by atomic mass is 16.5. The first-order chi connectivity index (χ1) is 11.7. The van der Waals surface area contributed by atoms with Gasteiger partial charge >= 0.3 is 5.97 Å². The summed E-state index contributed by atoms with van der Waals surface area (Å²) in [5, 5.41) is 0.923. The van der Waals surface area contributed by atoms with E-state index in [0.29, 0.717) is 5.56 Å². The fourth-order valence-corrected chi connectivity index (χ4v) is 3.07. The number of para-hydroxylation sites is 1. The highest BCUT2D eigenvalue weighted by molar-refractivity contribution is 5.86. The molecule has 0 aliphatic heterocycles. The minimum absolute atomic E-state index is 0.00636. The minimum atomic E-state index is -0.523. The summed E-state index contributed by atoms with van der Waals surface area (Å²) in [5.41, 5.74) is 1.49. The average Bonchev–Trinajstić information content (AvgIpc) is 3.42. The summed E-state index contributed by atoms with van der Waals surface area (Å²) in [4.78, 5) is 27.5. The van der Waals surface area contributed by atoms with Gasteiger partial charge in [-0.1, -0.05) is 48.5 Å². The summed E-state index contributed by atoms with van der Waals surface area (Å²) in [6.07, 6.45) is 1.59. The lowest BCUT2D eigenvalue weighted by Crippen LogP contribution is -2.24. The van der Waals surface area contributed by atoms with E-state index in [2.05, 4.69) is 4.98 Å². The molecule has 1 aliphatic rings. The van der Waals surface area contributed by atoms with Crippen molar-refractivity contribution in [3.05, 3.63) is 82.1 Å². The Bertz CT molecular complexity index is 955. The first-order valence-corrected chi connectivity index (χ1v) is 8.03. The van der Waals surface area contributed by atoms with E-state index in [9.17, 15) is 9.59 Å². The molecule has 0 radical (unpaired) electrons. The molecule has 2 aromatic carbocycles. The molecule has 0 atom stereocenters. The summed E-state index contributed by atoms with van der Waals surface area (Å²) >= 11 is 0. The van der Waals surface area contributed by atoms with Gasteiger partial charge in [-0.3, -0.25) is 9.59 Å². The number of esters is 1.